The van der Waals surface area contributed by atoms with Crippen LogP contribution >= 0.6 is 23.2 Å². The van der Waals surface area contributed by atoms with E-state index in [4.69, 9.17) is 27.9 Å². The van der Waals surface area contributed by atoms with Crippen molar-refractivity contribution < 1.29 is 4.74 Å². The molecule has 112 valence electrons. The van der Waals surface area contributed by atoms with Crippen molar-refractivity contribution >= 4 is 23.2 Å². The number of nitrogens with one attached hydrogen (secondary N) is 1. The first-order valence-corrected chi connectivity index (χ1v) is 7.69. The van der Waals surface area contributed by atoms with E-state index in [9.17, 15) is 0 Å². The summed E-state index contributed by atoms with van der Waals surface area (Å²) in [5.74, 6) is 0.832. The van der Waals surface area contributed by atoms with Crippen LogP contribution in [0.5, 0.6) is 5.75 Å². The third kappa shape index (κ3) is 3.88. The Bertz CT molecular complexity index is 605. The molecule has 1 aromatic carbocycles. The van der Waals surface area contributed by atoms with Crippen molar-refractivity contribution in [1.29, 1.82) is 0 Å². The van der Waals surface area contributed by atoms with Gasteiger partial charge in [0.15, 0.2) is 0 Å². The number of aromatic nitrogens is 1. The molecule has 0 radical (unpaired) electrons. The summed E-state index contributed by atoms with van der Waals surface area (Å²) in [5, 5.41) is 4.47. The molecule has 0 amide bonds. The van der Waals surface area contributed by atoms with Gasteiger partial charge >= 0.3 is 0 Å². The fraction of sp³-hybridized carbons (Fsp3) is 0.312. The van der Waals surface area contributed by atoms with Crippen LogP contribution in [0.3, 0.4) is 0 Å². The van der Waals surface area contributed by atoms with E-state index in [0.29, 0.717) is 16.7 Å². The molecule has 21 heavy (non-hydrogen) atoms. The second kappa shape index (κ2) is 7.64. The smallest absolute Gasteiger partial charge is 0.124 e. The number of ether oxygens (including phenoxy) is 1. The second-order valence-corrected chi connectivity index (χ2v) is 5.33. The number of benzene rings is 1. The lowest BCUT2D eigenvalue weighted by Gasteiger charge is -2.21. The molecule has 0 saturated heterocycles. The van der Waals surface area contributed by atoms with Crippen molar-refractivity contribution in [2.24, 2.45) is 0 Å². The largest absolute Gasteiger partial charge is 0.494 e. The van der Waals surface area contributed by atoms with Crippen LogP contribution in [0.4, 0.5) is 0 Å². The van der Waals surface area contributed by atoms with Crippen molar-refractivity contribution in [2.45, 2.75) is 19.9 Å². The molecule has 1 atom stereocenters. The van der Waals surface area contributed by atoms with E-state index in [1.54, 1.807) is 12.3 Å². The van der Waals surface area contributed by atoms with Gasteiger partial charge in [0, 0.05) is 11.8 Å². The molecule has 0 aliphatic rings. The third-order valence-electron chi connectivity index (χ3n) is 3.05. The van der Waals surface area contributed by atoms with E-state index in [-0.39, 0.29) is 6.04 Å². The van der Waals surface area contributed by atoms with Gasteiger partial charge in [0.25, 0.3) is 0 Å². The Kier molecular flexibility index (Phi) is 5.85. The standard InChI is InChI=1S/C16H18Cl2N2O/c1-3-19-15(16-13(18)9-11(17)10-20-16)12-7-5-6-8-14(12)21-4-2/h5-10,15,19H,3-4H2,1-2H3. The van der Waals surface area contributed by atoms with Crippen LogP contribution < -0.4 is 10.1 Å². The lowest BCUT2D eigenvalue weighted by Crippen LogP contribution is -2.24. The van der Waals surface area contributed by atoms with E-state index >= 15 is 0 Å². The number of hydrogen-bond donors (Lipinski definition) is 1. The van der Waals surface area contributed by atoms with Crippen LogP contribution in [0.2, 0.25) is 10.0 Å². The first kappa shape index (κ1) is 16.1. The fourth-order valence-corrected chi connectivity index (χ4v) is 2.69. The number of hydrogen-bond acceptors (Lipinski definition) is 3. The Balaban J connectivity index is 2.48. The highest BCUT2D eigenvalue weighted by atomic mass is 35.5. The van der Waals surface area contributed by atoms with Gasteiger partial charge in [-0.1, -0.05) is 48.3 Å². The Morgan fingerprint density at radius 1 is 1.24 bits per heavy atom. The monoisotopic (exact) mass is 324 g/mol. The van der Waals surface area contributed by atoms with Crippen molar-refractivity contribution in [3.05, 3.63) is 57.8 Å². The molecular formula is C16H18Cl2N2O. The molecule has 1 N–H and O–H groups in total. The maximum Gasteiger partial charge on any atom is 0.124 e. The number of halogens is 2. The van der Waals surface area contributed by atoms with Gasteiger partial charge in [-0.3, -0.25) is 4.98 Å². The highest BCUT2D eigenvalue weighted by molar-refractivity contribution is 6.34. The van der Waals surface area contributed by atoms with E-state index in [0.717, 1.165) is 23.6 Å². The summed E-state index contributed by atoms with van der Waals surface area (Å²) < 4.78 is 5.71. The number of para-hydroxylation sites is 1. The highest BCUT2D eigenvalue weighted by Gasteiger charge is 2.21. The lowest BCUT2D eigenvalue weighted by atomic mass is 10.0. The van der Waals surface area contributed by atoms with Crippen LogP contribution in [0.15, 0.2) is 36.5 Å². The molecule has 2 rings (SSSR count). The molecule has 1 heterocycles. The normalized spacial score (nSPS) is 12.2. The Morgan fingerprint density at radius 3 is 2.67 bits per heavy atom. The Morgan fingerprint density at radius 2 is 2.00 bits per heavy atom. The molecule has 0 saturated carbocycles. The van der Waals surface area contributed by atoms with Gasteiger partial charge in [0.1, 0.15) is 5.75 Å². The maximum absolute atomic E-state index is 6.31. The third-order valence-corrected chi connectivity index (χ3v) is 3.56. The van der Waals surface area contributed by atoms with Crippen LogP contribution in [0.1, 0.15) is 31.1 Å². The first-order valence-electron chi connectivity index (χ1n) is 6.93. The summed E-state index contributed by atoms with van der Waals surface area (Å²) in [6.45, 7) is 5.40. The molecular weight excluding hydrogens is 307 g/mol. The quantitative estimate of drug-likeness (QED) is 0.850. The molecule has 0 fully saturated rings. The topological polar surface area (TPSA) is 34.1 Å². The summed E-state index contributed by atoms with van der Waals surface area (Å²) in [4.78, 5) is 4.39. The van der Waals surface area contributed by atoms with Gasteiger partial charge in [-0.2, -0.15) is 0 Å². The van der Waals surface area contributed by atoms with Crippen molar-refractivity contribution in [1.82, 2.24) is 10.3 Å². The minimum absolute atomic E-state index is 0.137. The average molecular weight is 325 g/mol. The highest BCUT2D eigenvalue weighted by Crippen LogP contribution is 2.33. The minimum Gasteiger partial charge on any atom is -0.494 e. The average Bonchev–Trinajstić information content (AvgIpc) is 2.47. The second-order valence-electron chi connectivity index (χ2n) is 4.48. The Hall–Kier alpha value is -1.29. The summed E-state index contributed by atoms with van der Waals surface area (Å²) in [7, 11) is 0. The van der Waals surface area contributed by atoms with Crippen molar-refractivity contribution in [3.8, 4) is 5.75 Å². The maximum atomic E-state index is 6.31. The van der Waals surface area contributed by atoms with Crippen molar-refractivity contribution in [3.63, 3.8) is 0 Å². The Labute approximate surface area is 135 Å². The van der Waals surface area contributed by atoms with E-state index in [1.807, 2.05) is 38.1 Å². The zero-order valence-corrected chi connectivity index (χ0v) is 13.6. The van der Waals surface area contributed by atoms with Gasteiger partial charge in [-0.05, 0) is 25.6 Å². The summed E-state index contributed by atoms with van der Waals surface area (Å²) in [6.07, 6.45) is 1.61. The van der Waals surface area contributed by atoms with Gasteiger partial charge in [0.2, 0.25) is 0 Å². The van der Waals surface area contributed by atoms with Crippen LogP contribution in [0.25, 0.3) is 0 Å². The SMILES string of the molecule is CCNC(c1ccccc1OCC)c1ncc(Cl)cc1Cl. The zero-order valence-electron chi connectivity index (χ0n) is 12.1. The molecule has 2 aromatic rings. The molecule has 0 aliphatic heterocycles. The molecule has 0 spiro atoms. The fourth-order valence-electron chi connectivity index (χ4n) is 2.20. The molecule has 0 aliphatic carbocycles. The predicted octanol–water partition coefficient (Wildman–Crippen LogP) is 4.49. The number of pyridine rings is 1. The summed E-state index contributed by atoms with van der Waals surface area (Å²) in [6, 6.07) is 9.47. The molecule has 1 unspecified atom stereocenters. The van der Waals surface area contributed by atoms with Gasteiger partial charge in [0.05, 0.1) is 28.4 Å². The first-order chi connectivity index (χ1) is 10.2. The van der Waals surface area contributed by atoms with E-state index < -0.39 is 0 Å². The summed E-state index contributed by atoms with van der Waals surface area (Å²) >= 11 is 12.2. The van der Waals surface area contributed by atoms with Crippen LogP contribution in [-0.4, -0.2) is 18.1 Å². The minimum atomic E-state index is -0.137. The zero-order chi connectivity index (χ0) is 15.2. The van der Waals surface area contributed by atoms with Crippen LogP contribution in [0, 0.1) is 0 Å². The van der Waals surface area contributed by atoms with E-state index in [1.165, 1.54) is 0 Å². The molecule has 0 bridgehead atoms. The lowest BCUT2D eigenvalue weighted by molar-refractivity contribution is 0.333. The molecule has 1 aromatic heterocycles. The predicted molar refractivity (Wildman–Crippen MR) is 87.4 cm³/mol. The van der Waals surface area contributed by atoms with Gasteiger partial charge < -0.3 is 10.1 Å². The van der Waals surface area contributed by atoms with Gasteiger partial charge in [-0.15, -0.1) is 0 Å². The van der Waals surface area contributed by atoms with E-state index in [2.05, 4.69) is 10.3 Å². The molecule has 5 heteroatoms. The van der Waals surface area contributed by atoms with Crippen molar-refractivity contribution in [2.75, 3.05) is 13.2 Å². The summed E-state index contributed by atoms with van der Waals surface area (Å²) in [5.41, 5.74) is 1.76. The molecule has 3 nitrogen and oxygen atoms in total. The number of rotatable bonds is 6. The van der Waals surface area contributed by atoms with Crippen LogP contribution in [-0.2, 0) is 0 Å². The van der Waals surface area contributed by atoms with Gasteiger partial charge in [-0.25, -0.2) is 0 Å². The number of nitrogens with zero attached hydrogens (tertiary/aromatic N) is 1.